The van der Waals surface area contributed by atoms with Crippen LogP contribution in [0.5, 0.6) is 0 Å². The topological polar surface area (TPSA) is 136 Å². The first-order valence-electron chi connectivity index (χ1n) is 11.1. The molecule has 1 fully saturated rings. The third kappa shape index (κ3) is 5.93. The standard InChI is InChI=1S/C18H28N2O3.C5H10O2/c1-12-5-6-13-4-2-3-8-18(13,20)15(12)7-9-17(19)11-14(21)10-16(22)23-17;1-3-4(2)5(6)7/h4-6,12,14-15,21H,2-3,7-11,19-20H2,1H3;4H,3H2,1-2H3,(H,6,7). The molecule has 7 nitrogen and oxygen atoms in total. The molecule has 1 saturated heterocycles. The van der Waals surface area contributed by atoms with Crippen LogP contribution in [-0.4, -0.2) is 39.5 Å². The zero-order valence-electron chi connectivity index (χ0n) is 18.5. The second kappa shape index (κ2) is 10.1. The van der Waals surface area contributed by atoms with Gasteiger partial charge in [-0.05, 0) is 49.5 Å². The SMILES string of the molecule is CC1C=CC2=CCCCC2(N)C1CCC1(N)CC(O)CC(=O)O1.CCC(C)C(=O)O. The third-order valence-electron chi connectivity index (χ3n) is 6.78. The highest BCUT2D eigenvalue weighted by Gasteiger charge is 2.45. The Hall–Kier alpha value is -1.70. The molecule has 6 atom stereocenters. The van der Waals surface area contributed by atoms with Gasteiger partial charge in [0.25, 0.3) is 0 Å². The number of aliphatic carboxylic acids is 1. The van der Waals surface area contributed by atoms with Crippen molar-refractivity contribution in [2.24, 2.45) is 29.2 Å². The second-order valence-corrected chi connectivity index (χ2v) is 9.20. The first-order valence-corrected chi connectivity index (χ1v) is 11.1. The number of allylic oxidation sites excluding steroid dienone is 2. The Labute approximate surface area is 179 Å². The van der Waals surface area contributed by atoms with Gasteiger partial charge in [0, 0.05) is 18.4 Å². The number of carbonyl (C=O) groups is 2. The number of ether oxygens (including phenoxy) is 1. The molecule has 170 valence electrons. The molecule has 30 heavy (non-hydrogen) atoms. The fourth-order valence-corrected chi connectivity index (χ4v) is 4.69. The van der Waals surface area contributed by atoms with E-state index in [9.17, 15) is 14.7 Å². The largest absolute Gasteiger partial charge is 0.481 e. The number of nitrogens with two attached hydrogens (primary N) is 2. The van der Waals surface area contributed by atoms with E-state index in [1.54, 1.807) is 6.92 Å². The van der Waals surface area contributed by atoms with E-state index in [0.29, 0.717) is 18.8 Å². The lowest BCUT2D eigenvalue weighted by Gasteiger charge is -2.47. The van der Waals surface area contributed by atoms with Crippen LogP contribution in [0.2, 0.25) is 0 Å². The van der Waals surface area contributed by atoms with Crippen molar-refractivity contribution in [3.63, 3.8) is 0 Å². The van der Waals surface area contributed by atoms with Crippen molar-refractivity contribution in [1.82, 2.24) is 0 Å². The van der Waals surface area contributed by atoms with Crippen LogP contribution in [0.25, 0.3) is 0 Å². The predicted molar refractivity (Wildman–Crippen MR) is 115 cm³/mol. The highest BCUT2D eigenvalue weighted by Crippen LogP contribution is 2.44. The number of carboxylic acids is 1. The van der Waals surface area contributed by atoms with Crippen LogP contribution < -0.4 is 11.5 Å². The summed E-state index contributed by atoms with van der Waals surface area (Å²) in [5.74, 6) is -0.661. The summed E-state index contributed by atoms with van der Waals surface area (Å²) >= 11 is 0. The normalized spacial score (nSPS) is 36.5. The third-order valence-corrected chi connectivity index (χ3v) is 6.78. The zero-order chi connectivity index (χ0) is 22.5. The van der Waals surface area contributed by atoms with Gasteiger partial charge in [0.2, 0.25) is 0 Å². The molecule has 0 radical (unpaired) electrons. The van der Waals surface area contributed by atoms with Crippen molar-refractivity contribution < 1.29 is 24.5 Å². The highest BCUT2D eigenvalue weighted by atomic mass is 16.6. The van der Waals surface area contributed by atoms with Gasteiger partial charge in [-0.3, -0.25) is 15.3 Å². The summed E-state index contributed by atoms with van der Waals surface area (Å²) in [5.41, 5.74) is 12.9. The van der Waals surface area contributed by atoms with Gasteiger partial charge in [0.05, 0.1) is 18.4 Å². The molecule has 2 aliphatic carbocycles. The van der Waals surface area contributed by atoms with Crippen LogP contribution in [0.1, 0.15) is 72.1 Å². The van der Waals surface area contributed by atoms with E-state index in [1.807, 2.05) is 6.92 Å². The maximum absolute atomic E-state index is 11.6. The second-order valence-electron chi connectivity index (χ2n) is 9.20. The van der Waals surface area contributed by atoms with E-state index in [2.05, 4.69) is 25.2 Å². The molecule has 6 unspecified atom stereocenters. The number of carboxylic acid groups (broad SMARTS) is 1. The number of carbonyl (C=O) groups excluding carboxylic acids is 1. The summed E-state index contributed by atoms with van der Waals surface area (Å²) in [6.07, 6.45) is 11.5. The Morgan fingerprint density at radius 1 is 1.40 bits per heavy atom. The summed E-state index contributed by atoms with van der Waals surface area (Å²) in [7, 11) is 0. The molecule has 0 aromatic carbocycles. The average Bonchev–Trinajstić information content (AvgIpc) is 2.65. The van der Waals surface area contributed by atoms with Gasteiger partial charge < -0.3 is 20.7 Å². The molecule has 0 amide bonds. The lowest BCUT2D eigenvalue weighted by atomic mass is 9.62. The van der Waals surface area contributed by atoms with Crippen molar-refractivity contribution in [3.8, 4) is 0 Å². The smallest absolute Gasteiger partial charge is 0.310 e. The van der Waals surface area contributed by atoms with Crippen LogP contribution >= 0.6 is 0 Å². The Morgan fingerprint density at radius 2 is 2.10 bits per heavy atom. The van der Waals surface area contributed by atoms with E-state index in [0.717, 1.165) is 32.1 Å². The number of fused-ring (bicyclic) bond motifs is 1. The minimum atomic E-state index is -1.06. The Balaban J connectivity index is 0.000000396. The lowest BCUT2D eigenvalue weighted by molar-refractivity contribution is -0.177. The molecule has 3 rings (SSSR count). The molecule has 1 aliphatic heterocycles. The summed E-state index contributed by atoms with van der Waals surface area (Å²) in [4.78, 5) is 21.5. The number of hydrogen-bond acceptors (Lipinski definition) is 6. The van der Waals surface area contributed by atoms with Crippen molar-refractivity contribution in [2.45, 2.75) is 89.5 Å². The molecule has 3 aliphatic rings. The van der Waals surface area contributed by atoms with Gasteiger partial charge >= 0.3 is 11.9 Å². The maximum Gasteiger partial charge on any atom is 0.310 e. The summed E-state index contributed by atoms with van der Waals surface area (Å²) in [6, 6.07) is 0. The Bertz CT molecular complexity index is 691. The average molecular weight is 423 g/mol. The van der Waals surface area contributed by atoms with E-state index >= 15 is 0 Å². The molecule has 6 N–H and O–H groups in total. The number of aliphatic hydroxyl groups is 1. The van der Waals surface area contributed by atoms with E-state index in [-0.39, 0.29) is 23.8 Å². The number of esters is 1. The minimum Gasteiger partial charge on any atom is -0.481 e. The molecule has 7 heteroatoms. The predicted octanol–water partition coefficient (Wildman–Crippen LogP) is 2.87. The summed E-state index contributed by atoms with van der Waals surface area (Å²) in [5, 5.41) is 18.0. The van der Waals surface area contributed by atoms with Gasteiger partial charge in [-0.25, -0.2) is 0 Å². The molecular weight excluding hydrogens is 384 g/mol. The first-order chi connectivity index (χ1) is 14.0. The first kappa shape index (κ1) is 24.6. The number of aliphatic hydroxyl groups excluding tert-OH is 1. The molecular formula is C23H38N2O5. The van der Waals surface area contributed by atoms with Gasteiger partial charge in [-0.1, -0.05) is 39.0 Å². The van der Waals surface area contributed by atoms with Crippen LogP contribution in [-0.2, 0) is 14.3 Å². The van der Waals surface area contributed by atoms with E-state index in [4.69, 9.17) is 21.3 Å². The molecule has 0 aromatic heterocycles. The van der Waals surface area contributed by atoms with E-state index in [1.165, 1.54) is 5.57 Å². The number of cyclic esters (lactones) is 1. The van der Waals surface area contributed by atoms with E-state index < -0.39 is 23.8 Å². The monoisotopic (exact) mass is 422 g/mol. The van der Waals surface area contributed by atoms with Gasteiger partial charge in [0.1, 0.15) is 0 Å². The quantitative estimate of drug-likeness (QED) is 0.500. The maximum atomic E-state index is 11.6. The summed E-state index contributed by atoms with van der Waals surface area (Å²) in [6.45, 7) is 5.74. The Kier molecular flexibility index (Phi) is 8.25. The highest BCUT2D eigenvalue weighted by molar-refractivity contribution is 5.71. The molecule has 0 saturated carbocycles. The van der Waals surface area contributed by atoms with Crippen molar-refractivity contribution >= 4 is 11.9 Å². The fraction of sp³-hybridized carbons (Fsp3) is 0.739. The van der Waals surface area contributed by atoms with Gasteiger partial charge in [0.15, 0.2) is 5.72 Å². The van der Waals surface area contributed by atoms with Crippen LogP contribution in [0.15, 0.2) is 23.8 Å². The van der Waals surface area contributed by atoms with Crippen LogP contribution in [0.3, 0.4) is 0 Å². The number of hydrogen-bond donors (Lipinski definition) is 4. The molecule has 0 bridgehead atoms. The molecule has 0 spiro atoms. The molecule has 0 aromatic rings. The van der Waals surface area contributed by atoms with Crippen LogP contribution in [0.4, 0.5) is 0 Å². The van der Waals surface area contributed by atoms with Crippen molar-refractivity contribution in [3.05, 3.63) is 23.8 Å². The Morgan fingerprint density at radius 3 is 2.67 bits per heavy atom. The number of rotatable bonds is 5. The minimum absolute atomic E-state index is 0.0369. The lowest BCUT2D eigenvalue weighted by Crippen LogP contribution is -2.55. The zero-order valence-corrected chi connectivity index (χ0v) is 18.5. The fourth-order valence-electron chi connectivity index (χ4n) is 4.69. The van der Waals surface area contributed by atoms with Crippen molar-refractivity contribution in [1.29, 1.82) is 0 Å². The molecule has 1 heterocycles. The van der Waals surface area contributed by atoms with Crippen molar-refractivity contribution in [2.75, 3.05) is 0 Å². The van der Waals surface area contributed by atoms with Gasteiger partial charge in [-0.15, -0.1) is 0 Å². The summed E-state index contributed by atoms with van der Waals surface area (Å²) < 4.78 is 5.34. The van der Waals surface area contributed by atoms with Gasteiger partial charge in [-0.2, -0.15) is 0 Å². The van der Waals surface area contributed by atoms with Crippen LogP contribution in [0, 0.1) is 17.8 Å².